The Balaban J connectivity index is 1.26. The van der Waals surface area contributed by atoms with E-state index in [2.05, 4.69) is 41.1 Å². The molecule has 41 heavy (non-hydrogen) atoms. The summed E-state index contributed by atoms with van der Waals surface area (Å²) >= 11 is 0. The first kappa shape index (κ1) is 32.6. The Labute approximate surface area is 250 Å². The van der Waals surface area contributed by atoms with Gasteiger partial charge in [0.1, 0.15) is 5.82 Å². The highest BCUT2D eigenvalue weighted by atomic mass is 16.1. The van der Waals surface area contributed by atoms with Crippen LogP contribution in [0.25, 0.3) is 17.1 Å². The molecule has 0 aliphatic carbocycles. The van der Waals surface area contributed by atoms with Crippen LogP contribution >= 0.6 is 0 Å². The molecule has 0 spiro atoms. The second-order valence-corrected chi connectivity index (χ2v) is 11.6. The zero-order valence-electron chi connectivity index (χ0n) is 25.8. The summed E-state index contributed by atoms with van der Waals surface area (Å²) < 4.78 is 2.41. The monoisotopic (exact) mass is 557 g/mol. The second kappa shape index (κ2) is 20.9. The van der Waals surface area contributed by atoms with Gasteiger partial charge >= 0.3 is 0 Å². The Bertz CT molecular complexity index is 1120. The Morgan fingerprint density at radius 3 is 1.90 bits per heavy atom. The molecule has 0 unspecified atom stereocenters. The maximum absolute atomic E-state index is 12.2. The number of hydrogen-bond donors (Lipinski definition) is 1. The van der Waals surface area contributed by atoms with E-state index in [1.165, 1.54) is 108 Å². The van der Waals surface area contributed by atoms with Crippen LogP contribution in [-0.2, 0) is 17.8 Å². The molecule has 0 bridgehead atoms. The summed E-state index contributed by atoms with van der Waals surface area (Å²) in [6.45, 7) is 3.97. The van der Waals surface area contributed by atoms with Gasteiger partial charge in [-0.05, 0) is 36.6 Å². The van der Waals surface area contributed by atoms with Crippen molar-refractivity contribution in [1.29, 1.82) is 0 Å². The molecule has 4 heteroatoms. The molecule has 0 radical (unpaired) electrons. The number of carbonyl (C=O) groups excluding carboxylic acids is 1. The maximum atomic E-state index is 12.2. The zero-order chi connectivity index (χ0) is 28.8. The molecule has 0 aliphatic rings. The van der Waals surface area contributed by atoms with Gasteiger partial charge in [-0.25, -0.2) is 4.98 Å². The Kier molecular flexibility index (Phi) is 16.6. The molecule has 224 valence electrons. The standard InChI is InChI=1S/C37H55N3O/c1-2-3-4-5-6-7-8-9-10-11-12-13-14-15-16-22-32-40-35-27-21-20-26-34(35)39-36(40)28-23-31-38-37(41)30-29-33-24-18-17-19-25-33/h17-21,24-27,29-30H,2-16,22-23,28,31-32H2,1H3,(H,38,41)/b30-29+. The van der Waals surface area contributed by atoms with Gasteiger partial charge in [-0.1, -0.05) is 146 Å². The van der Waals surface area contributed by atoms with Crippen LogP contribution in [0, 0.1) is 0 Å². The molecule has 1 amide bonds. The van der Waals surface area contributed by atoms with Crippen molar-refractivity contribution in [2.75, 3.05) is 6.54 Å². The number of nitrogens with one attached hydrogen (secondary N) is 1. The van der Waals surface area contributed by atoms with Gasteiger partial charge in [0.05, 0.1) is 11.0 Å². The number of aromatic nitrogens is 2. The number of carbonyl (C=O) groups is 1. The largest absolute Gasteiger partial charge is 0.353 e. The third-order valence-corrected chi connectivity index (χ3v) is 8.07. The molecule has 3 aromatic rings. The molecule has 0 atom stereocenters. The highest BCUT2D eigenvalue weighted by Gasteiger charge is 2.10. The fourth-order valence-electron chi connectivity index (χ4n) is 5.64. The normalized spacial score (nSPS) is 11.5. The lowest BCUT2D eigenvalue weighted by Gasteiger charge is -2.10. The number of benzene rings is 2. The summed E-state index contributed by atoms with van der Waals surface area (Å²) in [4.78, 5) is 17.1. The van der Waals surface area contributed by atoms with Gasteiger partial charge in [0.2, 0.25) is 5.91 Å². The average molecular weight is 558 g/mol. The SMILES string of the molecule is CCCCCCCCCCCCCCCCCCn1c(CCCNC(=O)/C=C/c2ccccc2)nc2ccccc21. The lowest BCUT2D eigenvalue weighted by atomic mass is 10.0. The summed E-state index contributed by atoms with van der Waals surface area (Å²) in [5, 5.41) is 3.02. The molecule has 0 fully saturated rings. The fourth-order valence-corrected chi connectivity index (χ4v) is 5.64. The molecule has 1 aromatic heterocycles. The lowest BCUT2D eigenvalue weighted by molar-refractivity contribution is -0.116. The smallest absolute Gasteiger partial charge is 0.243 e. The van der Waals surface area contributed by atoms with Crippen molar-refractivity contribution in [3.8, 4) is 0 Å². The number of para-hydroxylation sites is 2. The Morgan fingerprint density at radius 2 is 1.27 bits per heavy atom. The first-order valence-corrected chi connectivity index (χ1v) is 16.7. The zero-order valence-corrected chi connectivity index (χ0v) is 25.8. The molecular weight excluding hydrogens is 502 g/mol. The summed E-state index contributed by atoms with van der Waals surface area (Å²) in [5.41, 5.74) is 3.34. The number of hydrogen-bond acceptors (Lipinski definition) is 2. The van der Waals surface area contributed by atoms with E-state index in [0.29, 0.717) is 6.54 Å². The number of imidazole rings is 1. The van der Waals surface area contributed by atoms with Gasteiger partial charge in [0.15, 0.2) is 0 Å². The number of rotatable bonds is 23. The van der Waals surface area contributed by atoms with Gasteiger partial charge in [-0.3, -0.25) is 4.79 Å². The Hall–Kier alpha value is -2.88. The van der Waals surface area contributed by atoms with Crippen LogP contribution in [-0.4, -0.2) is 22.0 Å². The topological polar surface area (TPSA) is 46.9 Å². The molecule has 1 heterocycles. The minimum Gasteiger partial charge on any atom is -0.353 e. The van der Waals surface area contributed by atoms with Crippen molar-refractivity contribution in [3.05, 3.63) is 72.1 Å². The molecular formula is C37H55N3O. The third-order valence-electron chi connectivity index (χ3n) is 8.07. The van der Waals surface area contributed by atoms with Crippen molar-refractivity contribution < 1.29 is 4.79 Å². The molecule has 0 saturated heterocycles. The van der Waals surface area contributed by atoms with Crippen molar-refractivity contribution in [2.24, 2.45) is 0 Å². The molecule has 4 nitrogen and oxygen atoms in total. The van der Waals surface area contributed by atoms with E-state index in [1.807, 2.05) is 36.4 Å². The number of fused-ring (bicyclic) bond motifs is 1. The van der Waals surface area contributed by atoms with Gasteiger partial charge in [0, 0.05) is 25.6 Å². The Morgan fingerprint density at radius 1 is 0.707 bits per heavy atom. The summed E-state index contributed by atoms with van der Waals surface area (Å²) in [6.07, 6.45) is 27.5. The van der Waals surface area contributed by atoms with Crippen LogP contribution in [0.3, 0.4) is 0 Å². The van der Waals surface area contributed by atoms with E-state index in [1.54, 1.807) is 6.08 Å². The van der Waals surface area contributed by atoms with Crippen molar-refractivity contribution in [2.45, 2.75) is 129 Å². The first-order valence-electron chi connectivity index (χ1n) is 16.7. The number of nitrogens with zero attached hydrogens (tertiary/aromatic N) is 2. The number of unbranched alkanes of at least 4 members (excludes halogenated alkanes) is 15. The van der Waals surface area contributed by atoms with Crippen LogP contribution in [0.4, 0.5) is 0 Å². The van der Waals surface area contributed by atoms with Crippen LogP contribution < -0.4 is 5.32 Å². The summed E-state index contributed by atoms with van der Waals surface area (Å²) in [7, 11) is 0. The van der Waals surface area contributed by atoms with Gasteiger partial charge in [-0.15, -0.1) is 0 Å². The van der Waals surface area contributed by atoms with Gasteiger partial charge in [0.25, 0.3) is 0 Å². The van der Waals surface area contributed by atoms with E-state index in [4.69, 9.17) is 4.98 Å². The fraction of sp³-hybridized carbons (Fsp3) is 0.568. The second-order valence-electron chi connectivity index (χ2n) is 11.6. The molecule has 0 saturated carbocycles. The highest BCUT2D eigenvalue weighted by molar-refractivity contribution is 5.91. The minimum absolute atomic E-state index is 0.0458. The minimum atomic E-state index is -0.0458. The van der Waals surface area contributed by atoms with E-state index in [-0.39, 0.29) is 5.91 Å². The van der Waals surface area contributed by atoms with Gasteiger partial charge in [-0.2, -0.15) is 0 Å². The van der Waals surface area contributed by atoms with Crippen molar-refractivity contribution in [1.82, 2.24) is 14.9 Å². The van der Waals surface area contributed by atoms with Crippen LogP contribution in [0.2, 0.25) is 0 Å². The van der Waals surface area contributed by atoms with Crippen LogP contribution in [0.1, 0.15) is 127 Å². The molecule has 0 aliphatic heterocycles. The maximum Gasteiger partial charge on any atom is 0.243 e. The van der Waals surface area contributed by atoms with E-state index in [9.17, 15) is 4.79 Å². The highest BCUT2D eigenvalue weighted by Crippen LogP contribution is 2.19. The van der Waals surface area contributed by atoms with Crippen LogP contribution in [0.5, 0.6) is 0 Å². The molecule has 1 N–H and O–H groups in total. The lowest BCUT2D eigenvalue weighted by Crippen LogP contribution is -2.22. The van der Waals surface area contributed by atoms with Crippen LogP contribution in [0.15, 0.2) is 60.7 Å². The summed E-state index contributed by atoms with van der Waals surface area (Å²) in [6, 6.07) is 18.4. The quantitative estimate of drug-likeness (QED) is 0.0931. The van der Waals surface area contributed by atoms with Crippen molar-refractivity contribution >= 4 is 23.0 Å². The molecule has 3 rings (SSSR count). The average Bonchev–Trinajstić information content (AvgIpc) is 3.35. The van der Waals surface area contributed by atoms with Gasteiger partial charge < -0.3 is 9.88 Å². The van der Waals surface area contributed by atoms with E-state index in [0.717, 1.165) is 36.3 Å². The third kappa shape index (κ3) is 13.6. The summed E-state index contributed by atoms with van der Waals surface area (Å²) in [5.74, 6) is 1.09. The van der Waals surface area contributed by atoms with E-state index >= 15 is 0 Å². The predicted octanol–water partition coefficient (Wildman–Crippen LogP) is 10.1. The van der Waals surface area contributed by atoms with E-state index < -0.39 is 0 Å². The molecule has 2 aromatic carbocycles. The van der Waals surface area contributed by atoms with Crippen molar-refractivity contribution in [3.63, 3.8) is 0 Å². The number of aryl methyl sites for hydroxylation is 2. The number of amides is 1. The first-order chi connectivity index (χ1) is 20.3. The predicted molar refractivity (Wildman–Crippen MR) is 176 cm³/mol.